The minimum absolute atomic E-state index is 0.0960. The Hall–Kier alpha value is -1.38. The number of methoxy groups -OCH3 is 1. The molecule has 2 N–H and O–H groups in total. The van der Waals surface area contributed by atoms with E-state index in [0.29, 0.717) is 0 Å². The minimum Gasteiger partial charge on any atom is -0.497 e. The molecule has 0 heterocycles. The van der Waals surface area contributed by atoms with Crippen molar-refractivity contribution in [3.63, 3.8) is 0 Å². The molecule has 0 bridgehead atoms. The van der Waals surface area contributed by atoms with E-state index in [2.05, 4.69) is 63.6 Å². The zero-order valence-electron chi connectivity index (χ0n) is 12.6. The monoisotopic (exact) mass is 517 g/mol. The number of hydrogen-bond donors (Lipinski definition) is 2. The Kier molecular flexibility index (Phi) is 7.26. The summed E-state index contributed by atoms with van der Waals surface area (Å²) in [6.45, 7) is 0.0960. The summed E-state index contributed by atoms with van der Waals surface area (Å²) in [5.41, 5.74) is 4.14. The van der Waals surface area contributed by atoms with Gasteiger partial charge >= 0.3 is 0 Å². The third-order valence-corrected chi connectivity index (χ3v) is 4.66. The molecular formula is C16H14Br3N3O2. The summed E-state index contributed by atoms with van der Waals surface area (Å²) in [4.78, 5) is 11.8. The number of benzene rings is 2. The smallest absolute Gasteiger partial charge is 0.259 e. The van der Waals surface area contributed by atoms with Crippen LogP contribution < -0.4 is 15.5 Å². The number of hydrazone groups is 1. The van der Waals surface area contributed by atoms with Crippen molar-refractivity contribution in [2.45, 2.75) is 0 Å². The van der Waals surface area contributed by atoms with Crippen molar-refractivity contribution in [3.05, 3.63) is 55.4 Å². The molecule has 0 fully saturated rings. The molecule has 0 saturated heterocycles. The quantitative estimate of drug-likeness (QED) is 0.435. The van der Waals surface area contributed by atoms with Crippen molar-refractivity contribution in [1.82, 2.24) is 5.43 Å². The van der Waals surface area contributed by atoms with Gasteiger partial charge in [0.2, 0.25) is 0 Å². The van der Waals surface area contributed by atoms with E-state index >= 15 is 0 Å². The minimum atomic E-state index is -0.249. The predicted octanol–water partition coefficient (Wildman–Crippen LogP) is 4.54. The lowest BCUT2D eigenvalue weighted by Gasteiger charge is -2.10. The van der Waals surface area contributed by atoms with Gasteiger partial charge in [0.05, 0.1) is 25.6 Å². The van der Waals surface area contributed by atoms with Gasteiger partial charge in [-0.2, -0.15) is 5.10 Å². The fourth-order valence-corrected chi connectivity index (χ4v) is 4.33. The lowest BCUT2D eigenvalue weighted by molar-refractivity contribution is -0.119. The molecule has 8 heteroatoms. The van der Waals surface area contributed by atoms with Gasteiger partial charge in [-0.05, 0) is 73.8 Å². The first-order valence-corrected chi connectivity index (χ1v) is 9.22. The Morgan fingerprint density at radius 3 is 2.38 bits per heavy atom. The highest BCUT2D eigenvalue weighted by Gasteiger charge is 2.08. The second-order valence-electron chi connectivity index (χ2n) is 4.66. The summed E-state index contributed by atoms with van der Waals surface area (Å²) in [5.74, 6) is 0.521. The molecule has 5 nitrogen and oxygen atoms in total. The third kappa shape index (κ3) is 5.61. The molecule has 2 aromatic rings. The molecular weight excluding hydrogens is 506 g/mol. The summed E-state index contributed by atoms with van der Waals surface area (Å²) in [5, 5.41) is 6.99. The Bertz CT molecular complexity index is 726. The largest absolute Gasteiger partial charge is 0.497 e. The molecule has 0 radical (unpaired) electrons. The van der Waals surface area contributed by atoms with E-state index in [1.807, 2.05) is 36.4 Å². The topological polar surface area (TPSA) is 62.7 Å². The lowest BCUT2D eigenvalue weighted by Crippen LogP contribution is -2.26. The first kappa shape index (κ1) is 19.0. The number of rotatable bonds is 6. The first-order chi connectivity index (χ1) is 11.5. The van der Waals surface area contributed by atoms with Crippen molar-refractivity contribution < 1.29 is 9.53 Å². The molecule has 0 saturated carbocycles. The molecule has 0 aromatic heterocycles. The Morgan fingerprint density at radius 1 is 1.17 bits per heavy atom. The zero-order chi connectivity index (χ0) is 17.5. The van der Waals surface area contributed by atoms with Gasteiger partial charge in [0.15, 0.2) is 0 Å². The zero-order valence-corrected chi connectivity index (χ0v) is 17.4. The summed E-state index contributed by atoms with van der Waals surface area (Å²) in [7, 11) is 1.61. The van der Waals surface area contributed by atoms with Gasteiger partial charge < -0.3 is 10.1 Å². The summed E-state index contributed by atoms with van der Waals surface area (Å²) >= 11 is 10.3. The number of nitrogens with one attached hydrogen (secondary N) is 2. The van der Waals surface area contributed by atoms with Crippen LogP contribution in [-0.2, 0) is 4.79 Å². The van der Waals surface area contributed by atoms with Gasteiger partial charge in [-0.25, -0.2) is 5.43 Å². The van der Waals surface area contributed by atoms with Gasteiger partial charge in [0.25, 0.3) is 5.91 Å². The Labute approximate surface area is 165 Å². The number of anilines is 1. The van der Waals surface area contributed by atoms with E-state index in [1.165, 1.54) is 0 Å². The number of ether oxygens (including phenoxy) is 1. The van der Waals surface area contributed by atoms with Gasteiger partial charge in [-0.1, -0.05) is 15.9 Å². The van der Waals surface area contributed by atoms with Gasteiger partial charge in [-0.15, -0.1) is 0 Å². The molecule has 2 rings (SSSR count). The number of amides is 1. The molecule has 0 spiro atoms. The summed E-state index contributed by atoms with van der Waals surface area (Å²) < 4.78 is 7.70. The molecule has 0 unspecified atom stereocenters. The normalized spacial score (nSPS) is 10.7. The number of halogens is 3. The maximum absolute atomic E-state index is 11.8. The van der Waals surface area contributed by atoms with E-state index in [-0.39, 0.29) is 12.5 Å². The van der Waals surface area contributed by atoms with Crippen LogP contribution in [0.5, 0.6) is 5.75 Å². The van der Waals surface area contributed by atoms with Crippen LogP contribution in [-0.4, -0.2) is 25.8 Å². The van der Waals surface area contributed by atoms with Gasteiger partial charge in [-0.3, -0.25) is 4.79 Å². The second kappa shape index (κ2) is 9.19. The van der Waals surface area contributed by atoms with E-state index in [4.69, 9.17) is 4.74 Å². The van der Waals surface area contributed by atoms with E-state index in [1.54, 1.807) is 13.3 Å². The molecule has 2 aromatic carbocycles. The molecule has 0 aliphatic heterocycles. The average Bonchev–Trinajstić information content (AvgIpc) is 2.54. The lowest BCUT2D eigenvalue weighted by atomic mass is 10.2. The predicted molar refractivity (Wildman–Crippen MR) is 107 cm³/mol. The van der Waals surface area contributed by atoms with Crippen LogP contribution >= 0.6 is 47.8 Å². The molecule has 126 valence electrons. The maximum Gasteiger partial charge on any atom is 0.259 e. The van der Waals surface area contributed by atoms with Gasteiger partial charge in [0.1, 0.15) is 5.75 Å². The molecule has 24 heavy (non-hydrogen) atoms. The fraction of sp³-hybridized carbons (Fsp3) is 0.125. The number of nitrogens with zero attached hydrogens (tertiary/aromatic N) is 1. The van der Waals surface area contributed by atoms with Crippen molar-refractivity contribution in [1.29, 1.82) is 0 Å². The molecule has 0 aliphatic rings. The maximum atomic E-state index is 11.8. The van der Waals surface area contributed by atoms with Crippen LogP contribution in [0, 0.1) is 0 Å². The van der Waals surface area contributed by atoms with Gasteiger partial charge in [0, 0.05) is 13.4 Å². The number of carbonyl (C=O) groups excluding carboxylic acids is 1. The highest BCUT2D eigenvalue weighted by atomic mass is 79.9. The van der Waals surface area contributed by atoms with Crippen molar-refractivity contribution in [2.24, 2.45) is 5.10 Å². The molecule has 1 amide bonds. The first-order valence-electron chi connectivity index (χ1n) is 6.84. The van der Waals surface area contributed by atoms with Crippen LogP contribution in [0.15, 0.2) is 54.9 Å². The molecule has 0 aliphatic carbocycles. The number of carbonyl (C=O) groups is 1. The SMILES string of the molecule is COc1ccc(/C=N\NC(=O)CNc2c(Br)cc(Br)cc2Br)cc1. The standard InChI is InChI=1S/C16H14Br3N3O2/c1-24-12-4-2-10(3-5-12)8-21-22-15(23)9-20-16-13(18)6-11(17)7-14(16)19/h2-8,20H,9H2,1H3,(H,22,23)/b21-8-. The van der Waals surface area contributed by atoms with E-state index in [9.17, 15) is 4.79 Å². The van der Waals surface area contributed by atoms with Crippen LogP contribution in [0.1, 0.15) is 5.56 Å². The number of hydrogen-bond acceptors (Lipinski definition) is 4. The fourth-order valence-electron chi connectivity index (χ4n) is 1.79. The van der Waals surface area contributed by atoms with Crippen LogP contribution in [0.4, 0.5) is 5.69 Å². The van der Waals surface area contributed by atoms with Crippen LogP contribution in [0.25, 0.3) is 0 Å². The van der Waals surface area contributed by atoms with Crippen molar-refractivity contribution in [2.75, 3.05) is 19.0 Å². The van der Waals surface area contributed by atoms with Crippen LogP contribution in [0.2, 0.25) is 0 Å². The Morgan fingerprint density at radius 2 is 1.79 bits per heavy atom. The van der Waals surface area contributed by atoms with Crippen molar-refractivity contribution >= 4 is 65.6 Å². The second-order valence-corrected chi connectivity index (χ2v) is 7.29. The third-order valence-electron chi connectivity index (χ3n) is 2.95. The Balaban J connectivity index is 1.86. The van der Waals surface area contributed by atoms with Crippen molar-refractivity contribution in [3.8, 4) is 5.75 Å². The summed E-state index contributed by atoms with van der Waals surface area (Å²) in [6.07, 6.45) is 1.57. The highest BCUT2D eigenvalue weighted by Crippen LogP contribution is 2.34. The average molecular weight is 520 g/mol. The summed E-state index contributed by atoms with van der Waals surface area (Å²) in [6, 6.07) is 11.1. The van der Waals surface area contributed by atoms with E-state index < -0.39 is 0 Å². The molecule has 0 atom stereocenters. The van der Waals surface area contributed by atoms with E-state index in [0.717, 1.165) is 30.4 Å². The highest BCUT2D eigenvalue weighted by molar-refractivity contribution is 9.11. The van der Waals surface area contributed by atoms with Crippen LogP contribution in [0.3, 0.4) is 0 Å².